The van der Waals surface area contributed by atoms with Crippen LogP contribution < -0.4 is 4.90 Å². The number of hydrogen-bond donors (Lipinski definition) is 1. The molecule has 1 atom stereocenters. The highest BCUT2D eigenvalue weighted by Crippen LogP contribution is 2.44. The minimum atomic E-state index is -0.164. The van der Waals surface area contributed by atoms with E-state index in [0.717, 1.165) is 53.0 Å². The second-order valence-electron chi connectivity index (χ2n) is 8.05. The lowest BCUT2D eigenvalue weighted by molar-refractivity contribution is 0.282. The van der Waals surface area contributed by atoms with Crippen LogP contribution in [0.15, 0.2) is 54.6 Å². The van der Waals surface area contributed by atoms with Crippen molar-refractivity contribution in [1.82, 2.24) is 14.3 Å². The highest BCUT2D eigenvalue weighted by atomic mass is 35.5. The highest BCUT2D eigenvalue weighted by molar-refractivity contribution is 6.35. The number of para-hydroxylation sites is 2. The summed E-state index contributed by atoms with van der Waals surface area (Å²) in [5.74, 6) is 1.04. The van der Waals surface area contributed by atoms with Gasteiger partial charge in [-0.15, -0.1) is 0 Å². The van der Waals surface area contributed by atoms with E-state index in [2.05, 4.69) is 46.5 Å². The molecule has 0 spiro atoms. The lowest BCUT2D eigenvalue weighted by atomic mass is 10.0. The summed E-state index contributed by atoms with van der Waals surface area (Å²) in [6, 6.07) is 18.3. The van der Waals surface area contributed by atoms with E-state index in [1.165, 1.54) is 0 Å². The molecule has 154 valence electrons. The number of rotatable bonds is 4. The Balaban J connectivity index is 1.96. The molecule has 1 N–H and O–H groups in total. The van der Waals surface area contributed by atoms with Crippen molar-refractivity contribution in [2.45, 2.75) is 25.6 Å². The Labute approximate surface area is 181 Å². The molecule has 2 aromatic carbocycles. The van der Waals surface area contributed by atoms with Crippen LogP contribution in [0.25, 0.3) is 27.8 Å². The molecule has 6 heteroatoms. The van der Waals surface area contributed by atoms with Gasteiger partial charge in [0, 0.05) is 17.7 Å². The molecule has 0 amide bonds. The predicted octanol–water partition coefficient (Wildman–Crippen LogP) is 4.79. The number of anilines is 1. The van der Waals surface area contributed by atoms with Gasteiger partial charge in [-0.2, -0.15) is 0 Å². The van der Waals surface area contributed by atoms with Crippen LogP contribution in [0.2, 0.25) is 5.02 Å². The van der Waals surface area contributed by atoms with Gasteiger partial charge in [0.2, 0.25) is 0 Å². The van der Waals surface area contributed by atoms with Crippen LogP contribution in [0, 0.1) is 0 Å². The molecule has 2 aromatic heterocycles. The minimum Gasteiger partial charge on any atom is -0.391 e. The summed E-state index contributed by atoms with van der Waals surface area (Å²) < 4.78 is 2.19. The fraction of sp³-hybridized carbons (Fsp3) is 0.292. The third-order valence-corrected chi connectivity index (χ3v) is 6.48. The second-order valence-corrected chi connectivity index (χ2v) is 8.43. The van der Waals surface area contributed by atoms with Gasteiger partial charge in [0.25, 0.3) is 0 Å². The Hall–Kier alpha value is -2.60. The summed E-state index contributed by atoms with van der Waals surface area (Å²) in [5.41, 5.74) is 5.30. The number of aromatic nitrogens is 2. The summed E-state index contributed by atoms with van der Waals surface area (Å²) in [6.07, 6.45) is 2.48. The third-order valence-electron chi connectivity index (χ3n) is 6.06. The van der Waals surface area contributed by atoms with E-state index in [-0.39, 0.29) is 12.8 Å². The van der Waals surface area contributed by atoms with E-state index in [4.69, 9.17) is 16.6 Å². The maximum atomic E-state index is 10.2. The number of aliphatic hydroxyl groups is 1. The molecule has 1 fully saturated rings. The molecule has 0 radical (unpaired) electrons. The number of pyridine rings is 1. The van der Waals surface area contributed by atoms with Crippen LogP contribution in [0.5, 0.6) is 0 Å². The van der Waals surface area contributed by atoms with E-state index in [1.807, 2.05) is 36.4 Å². The van der Waals surface area contributed by atoms with Gasteiger partial charge in [0.05, 0.1) is 28.8 Å². The van der Waals surface area contributed by atoms with Crippen molar-refractivity contribution in [3.8, 4) is 11.1 Å². The largest absolute Gasteiger partial charge is 0.391 e. The Kier molecular flexibility index (Phi) is 4.89. The standard InChI is InChI=1S/C24H25ClN4O/c1-27(2)20-13-8-14-28(20)24-21(16-9-4-3-5-10-16)22(25)17(15-30)23-26-18-11-6-7-12-19(18)29(23)24/h3-7,9-12,20,30H,8,13-15H2,1-2H3. The quantitative estimate of drug-likeness (QED) is 0.515. The zero-order valence-electron chi connectivity index (χ0n) is 17.2. The summed E-state index contributed by atoms with van der Waals surface area (Å²) in [7, 11) is 4.25. The van der Waals surface area contributed by atoms with E-state index in [0.29, 0.717) is 10.6 Å². The number of nitrogens with zero attached hydrogens (tertiary/aromatic N) is 4. The van der Waals surface area contributed by atoms with Gasteiger partial charge < -0.3 is 10.0 Å². The molecular weight excluding hydrogens is 396 g/mol. The Morgan fingerprint density at radius 3 is 2.57 bits per heavy atom. The Morgan fingerprint density at radius 2 is 1.83 bits per heavy atom. The van der Waals surface area contributed by atoms with Crippen LogP contribution in [-0.2, 0) is 6.61 Å². The SMILES string of the molecule is CN(C)C1CCCN1c1c(-c2ccccc2)c(Cl)c(CO)c2nc3ccccc3n12. The van der Waals surface area contributed by atoms with Gasteiger partial charge in [-0.3, -0.25) is 9.30 Å². The Morgan fingerprint density at radius 1 is 1.10 bits per heavy atom. The van der Waals surface area contributed by atoms with Gasteiger partial charge in [-0.25, -0.2) is 4.98 Å². The predicted molar refractivity (Wildman–Crippen MR) is 123 cm³/mol. The van der Waals surface area contributed by atoms with Gasteiger partial charge in [-0.05, 0) is 44.6 Å². The molecule has 1 aliphatic heterocycles. The van der Waals surface area contributed by atoms with Crippen LogP contribution in [-0.4, -0.2) is 46.2 Å². The molecule has 0 saturated carbocycles. The van der Waals surface area contributed by atoms with E-state index in [9.17, 15) is 5.11 Å². The molecule has 5 rings (SSSR count). The zero-order chi connectivity index (χ0) is 20.8. The lowest BCUT2D eigenvalue weighted by Gasteiger charge is -2.34. The maximum absolute atomic E-state index is 10.2. The molecule has 4 aromatic rings. The van der Waals surface area contributed by atoms with Crippen LogP contribution in [0.4, 0.5) is 5.82 Å². The average Bonchev–Trinajstić information content (AvgIpc) is 3.39. The maximum Gasteiger partial charge on any atom is 0.146 e. The monoisotopic (exact) mass is 420 g/mol. The van der Waals surface area contributed by atoms with Crippen LogP contribution >= 0.6 is 11.6 Å². The van der Waals surface area contributed by atoms with Gasteiger partial charge in [0.15, 0.2) is 0 Å². The van der Waals surface area contributed by atoms with Crippen molar-refractivity contribution in [2.24, 2.45) is 0 Å². The second kappa shape index (κ2) is 7.58. The number of imidazole rings is 1. The fourth-order valence-electron chi connectivity index (χ4n) is 4.71. The number of hydrogen-bond acceptors (Lipinski definition) is 4. The van der Waals surface area contributed by atoms with Crippen molar-refractivity contribution < 1.29 is 5.11 Å². The zero-order valence-corrected chi connectivity index (χ0v) is 18.0. The number of fused-ring (bicyclic) bond motifs is 3. The average molecular weight is 421 g/mol. The van der Waals surface area contributed by atoms with Gasteiger partial charge in [-0.1, -0.05) is 54.1 Å². The van der Waals surface area contributed by atoms with E-state index >= 15 is 0 Å². The first-order valence-corrected chi connectivity index (χ1v) is 10.7. The lowest BCUT2D eigenvalue weighted by Crippen LogP contribution is -2.41. The number of benzene rings is 2. The van der Waals surface area contributed by atoms with Crippen LogP contribution in [0.3, 0.4) is 0 Å². The van der Waals surface area contributed by atoms with Crippen molar-refractivity contribution in [2.75, 3.05) is 25.5 Å². The molecule has 3 heterocycles. The first kappa shape index (κ1) is 19.4. The van der Waals surface area contributed by atoms with E-state index in [1.54, 1.807) is 0 Å². The topological polar surface area (TPSA) is 44.0 Å². The van der Waals surface area contributed by atoms with Crippen molar-refractivity contribution in [1.29, 1.82) is 0 Å². The smallest absolute Gasteiger partial charge is 0.146 e. The van der Waals surface area contributed by atoms with Crippen LogP contribution in [0.1, 0.15) is 18.4 Å². The summed E-state index contributed by atoms with van der Waals surface area (Å²) >= 11 is 7.01. The van der Waals surface area contributed by atoms with Crippen molar-refractivity contribution in [3.63, 3.8) is 0 Å². The molecule has 1 unspecified atom stereocenters. The normalized spacial score (nSPS) is 17.0. The van der Waals surface area contributed by atoms with Gasteiger partial charge >= 0.3 is 0 Å². The number of aliphatic hydroxyl groups excluding tert-OH is 1. The first-order valence-electron chi connectivity index (χ1n) is 10.3. The van der Waals surface area contributed by atoms with Crippen molar-refractivity contribution in [3.05, 3.63) is 65.2 Å². The minimum absolute atomic E-state index is 0.164. The molecule has 30 heavy (non-hydrogen) atoms. The summed E-state index contributed by atoms with van der Waals surface area (Å²) in [6.45, 7) is 0.780. The molecule has 1 aliphatic rings. The van der Waals surface area contributed by atoms with E-state index < -0.39 is 0 Å². The van der Waals surface area contributed by atoms with Crippen molar-refractivity contribution >= 4 is 34.1 Å². The molecule has 0 bridgehead atoms. The fourth-order valence-corrected chi connectivity index (χ4v) is 5.05. The summed E-state index contributed by atoms with van der Waals surface area (Å²) in [4.78, 5) is 9.57. The molecule has 0 aliphatic carbocycles. The highest BCUT2D eigenvalue weighted by Gasteiger charge is 2.33. The third kappa shape index (κ3) is 2.88. The number of halogens is 1. The summed E-state index contributed by atoms with van der Waals surface area (Å²) in [5, 5.41) is 10.8. The molecule has 1 saturated heterocycles. The Bertz CT molecular complexity index is 1220. The molecular formula is C24H25ClN4O. The first-order chi connectivity index (χ1) is 14.6. The van der Waals surface area contributed by atoms with Gasteiger partial charge in [0.1, 0.15) is 11.5 Å². The molecule has 5 nitrogen and oxygen atoms in total.